The molecule has 1 aromatic carbocycles. The SMILES string of the molecule is CCNC(=NCc1cccc(OCC(N)=O)c1)NCc1sc(C)nc1C.I. The number of nitrogens with one attached hydrogen (secondary N) is 2. The molecule has 0 saturated carbocycles. The summed E-state index contributed by atoms with van der Waals surface area (Å²) in [6.07, 6.45) is 0. The molecular formula is C18H26IN5O2S. The number of rotatable bonds is 8. The fourth-order valence-corrected chi connectivity index (χ4v) is 3.18. The highest BCUT2D eigenvalue weighted by Gasteiger charge is 2.06. The Kier molecular flexibility index (Phi) is 10.1. The number of nitrogens with two attached hydrogens (primary N) is 1. The maximum absolute atomic E-state index is 10.8. The molecule has 2 rings (SSSR count). The van der Waals surface area contributed by atoms with Gasteiger partial charge in [0.2, 0.25) is 0 Å². The number of aryl methyl sites for hydroxylation is 2. The number of aromatic nitrogens is 1. The van der Waals surface area contributed by atoms with E-state index in [9.17, 15) is 4.79 Å². The van der Waals surface area contributed by atoms with Crippen molar-refractivity contribution in [1.82, 2.24) is 15.6 Å². The zero-order chi connectivity index (χ0) is 18.9. The number of aliphatic imine (C=N–C) groups is 1. The molecule has 0 radical (unpaired) electrons. The Morgan fingerprint density at radius 1 is 1.33 bits per heavy atom. The minimum atomic E-state index is -0.499. The quantitative estimate of drug-likeness (QED) is 0.292. The number of hydrogen-bond donors (Lipinski definition) is 3. The van der Waals surface area contributed by atoms with Crippen molar-refractivity contribution in [3.63, 3.8) is 0 Å². The smallest absolute Gasteiger partial charge is 0.255 e. The maximum Gasteiger partial charge on any atom is 0.255 e. The van der Waals surface area contributed by atoms with Crippen LogP contribution in [-0.2, 0) is 17.9 Å². The summed E-state index contributed by atoms with van der Waals surface area (Å²) >= 11 is 1.69. The van der Waals surface area contributed by atoms with Gasteiger partial charge in [0.25, 0.3) is 5.91 Å². The van der Waals surface area contributed by atoms with Crippen molar-refractivity contribution >= 4 is 47.2 Å². The molecule has 1 heterocycles. The van der Waals surface area contributed by atoms with Crippen LogP contribution in [-0.4, -0.2) is 30.0 Å². The third-order valence-electron chi connectivity index (χ3n) is 3.46. The topological polar surface area (TPSA) is 102 Å². The summed E-state index contributed by atoms with van der Waals surface area (Å²) in [5.74, 6) is 0.840. The van der Waals surface area contributed by atoms with Crippen LogP contribution in [0.5, 0.6) is 5.75 Å². The first-order chi connectivity index (χ1) is 12.5. The second kappa shape index (κ2) is 11.8. The number of ether oxygens (including phenoxy) is 1. The maximum atomic E-state index is 10.8. The van der Waals surface area contributed by atoms with Crippen molar-refractivity contribution in [1.29, 1.82) is 0 Å². The van der Waals surface area contributed by atoms with Crippen LogP contribution >= 0.6 is 35.3 Å². The van der Waals surface area contributed by atoms with Gasteiger partial charge in [0.1, 0.15) is 5.75 Å². The second-order valence-corrected chi connectivity index (χ2v) is 6.98. The van der Waals surface area contributed by atoms with Crippen LogP contribution in [0.2, 0.25) is 0 Å². The third kappa shape index (κ3) is 8.12. The van der Waals surface area contributed by atoms with Crippen LogP contribution in [0.15, 0.2) is 29.3 Å². The highest BCUT2D eigenvalue weighted by Crippen LogP contribution is 2.17. The van der Waals surface area contributed by atoms with Crippen molar-refractivity contribution in [3.8, 4) is 5.75 Å². The Labute approximate surface area is 180 Å². The lowest BCUT2D eigenvalue weighted by atomic mass is 10.2. The average molecular weight is 503 g/mol. The zero-order valence-corrected chi connectivity index (χ0v) is 18.9. The summed E-state index contributed by atoms with van der Waals surface area (Å²) < 4.78 is 5.32. The lowest BCUT2D eigenvalue weighted by Crippen LogP contribution is -2.36. The van der Waals surface area contributed by atoms with Gasteiger partial charge in [0.05, 0.1) is 23.8 Å². The van der Waals surface area contributed by atoms with Gasteiger partial charge in [-0.25, -0.2) is 9.98 Å². The van der Waals surface area contributed by atoms with Crippen LogP contribution < -0.4 is 21.1 Å². The monoisotopic (exact) mass is 503 g/mol. The Morgan fingerprint density at radius 3 is 2.74 bits per heavy atom. The van der Waals surface area contributed by atoms with Gasteiger partial charge in [-0.3, -0.25) is 4.79 Å². The van der Waals surface area contributed by atoms with Crippen molar-refractivity contribution in [2.24, 2.45) is 10.7 Å². The summed E-state index contributed by atoms with van der Waals surface area (Å²) in [5, 5.41) is 7.63. The first-order valence-corrected chi connectivity index (χ1v) is 9.24. The van der Waals surface area contributed by atoms with E-state index in [1.807, 2.05) is 39.0 Å². The van der Waals surface area contributed by atoms with E-state index in [2.05, 4.69) is 20.6 Å². The molecule has 0 fully saturated rings. The van der Waals surface area contributed by atoms with E-state index in [-0.39, 0.29) is 30.6 Å². The molecule has 7 nitrogen and oxygen atoms in total. The molecule has 0 aliphatic heterocycles. The van der Waals surface area contributed by atoms with Gasteiger partial charge >= 0.3 is 0 Å². The van der Waals surface area contributed by atoms with Gasteiger partial charge in [0.15, 0.2) is 12.6 Å². The van der Waals surface area contributed by atoms with Crippen LogP contribution in [0.25, 0.3) is 0 Å². The predicted octanol–water partition coefficient (Wildman–Crippen LogP) is 2.50. The fraction of sp³-hybridized carbons (Fsp3) is 0.389. The van der Waals surface area contributed by atoms with E-state index in [1.165, 1.54) is 4.88 Å². The first-order valence-electron chi connectivity index (χ1n) is 8.43. The van der Waals surface area contributed by atoms with Gasteiger partial charge in [-0.15, -0.1) is 35.3 Å². The van der Waals surface area contributed by atoms with Crippen molar-refractivity contribution in [2.45, 2.75) is 33.9 Å². The van der Waals surface area contributed by atoms with E-state index in [1.54, 1.807) is 17.4 Å². The fourth-order valence-electron chi connectivity index (χ4n) is 2.30. The normalized spacial score (nSPS) is 10.9. The van der Waals surface area contributed by atoms with Gasteiger partial charge < -0.3 is 21.1 Å². The number of amides is 1. The minimum Gasteiger partial charge on any atom is -0.484 e. The molecule has 0 saturated heterocycles. The highest BCUT2D eigenvalue weighted by atomic mass is 127. The summed E-state index contributed by atoms with van der Waals surface area (Å²) in [5.41, 5.74) is 7.13. The van der Waals surface area contributed by atoms with Crippen molar-refractivity contribution < 1.29 is 9.53 Å². The van der Waals surface area contributed by atoms with Crippen LogP contribution in [0.1, 0.15) is 28.1 Å². The highest BCUT2D eigenvalue weighted by molar-refractivity contribution is 14.0. The molecule has 148 valence electrons. The zero-order valence-electron chi connectivity index (χ0n) is 15.7. The van der Waals surface area contributed by atoms with Crippen molar-refractivity contribution in [2.75, 3.05) is 13.2 Å². The van der Waals surface area contributed by atoms with E-state index < -0.39 is 5.91 Å². The van der Waals surface area contributed by atoms with Gasteiger partial charge in [-0.2, -0.15) is 0 Å². The molecule has 9 heteroatoms. The Balaban J connectivity index is 0.00000364. The number of thiazole rings is 1. The minimum absolute atomic E-state index is 0. The first kappa shape index (κ1) is 23.2. The van der Waals surface area contributed by atoms with Crippen LogP contribution in [0, 0.1) is 13.8 Å². The molecule has 2 aromatic rings. The molecule has 0 atom stereocenters. The molecule has 0 aliphatic carbocycles. The lowest BCUT2D eigenvalue weighted by Gasteiger charge is -2.11. The van der Waals surface area contributed by atoms with Gasteiger partial charge in [0, 0.05) is 11.4 Å². The molecular weight excluding hydrogens is 477 g/mol. The second-order valence-electron chi connectivity index (χ2n) is 5.69. The lowest BCUT2D eigenvalue weighted by molar-refractivity contribution is -0.119. The van der Waals surface area contributed by atoms with Gasteiger partial charge in [-0.1, -0.05) is 12.1 Å². The van der Waals surface area contributed by atoms with E-state index in [0.29, 0.717) is 18.8 Å². The number of halogens is 1. The molecule has 4 N–H and O–H groups in total. The summed E-state index contributed by atoms with van der Waals surface area (Å²) in [7, 11) is 0. The third-order valence-corrected chi connectivity index (χ3v) is 4.53. The van der Waals surface area contributed by atoms with Crippen LogP contribution in [0.3, 0.4) is 0 Å². The number of hydrogen-bond acceptors (Lipinski definition) is 5. The molecule has 1 amide bonds. The van der Waals surface area contributed by atoms with E-state index in [4.69, 9.17) is 10.5 Å². The molecule has 27 heavy (non-hydrogen) atoms. The average Bonchev–Trinajstić information content (AvgIpc) is 2.93. The summed E-state index contributed by atoms with van der Waals surface area (Å²) in [6, 6.07) is 7.47. The van der Waals surface area contributed by atoms with E-state index in [0.717, 1.165) is 28.8 Å². The molecule has 0 spiro atoms. The number of primary amides is 1. The summed E-state index contributed by atoms with van der Waals surface area (Å²) in [4.78, 5) is 21.1. The molecule has 0 bridgehead atoms. The molecule has 0 aliphatic rings. The van der Waals surface area contributed by atoms with Gasteiger partial charge in [-0.05, 0) is 38.5 Å². The number of guanidine groups is 1. The number of carbonyl (C=O) groups excluding carboxylic acids is 1. The predicted molar refractivity (Wildman–Crippen MR) is 120 cm³/mol. The standard InChI is InChI=1S/C18H25N5O2S.HI/c1-4-20-18(22-10-16-12(2)23-13(3)26-16)21-9-14-6-5-7-15(8-14)25-11-17(19)24;/h5-8H,4,9-11H2,1-3H3,(H2,19,24)(H2,20,21,22);1H. The summed E-state index contributed by atoms with van der Waals surface area (Å²) in [6.45, 7) is 7.86. The number of benzene rings is 1. The largest absolute Gasteiger partial charge is 0.484 e. The molecule has 1 aromatic heterocycles. The van der Waals surface area contributed by atoms with Crippen molar-refractivity contribution in [3.05, 3.63) is 45.4 Å². The number of carbonyl (C=O) groups is 1. The Hall–Kier alpha value is -1.88. The van der Waals surface area contributed by atoms with E-state index >= 15 is 0 Å². The Bertz CT molecular complexity index is 779. The Morgan fingerprint density at radius 2 is 2.11 bits per heavy atom. The number of nitrogens with zero attached hydrogens (tertiary/aromatic N) is 2. The molecule has 0 unspecified atom stereocenters. The van der Waals surface area contributed by atoms with Crippen LogP contribution in [0.4, 0.5) is 0 Å².